The first-order valence-electron chi connectivity index (χ1n) is 9.18. The van der Waals surface area contributed by atoms with Gasteiger partial charge in [0, 0.05) is 17.8 Å². The van der Waals surface area contributed by atoms with E-state index in [1.165, 1.54) is 18.3 Å². The fraction of sp³-hybridized carbons (Fsp3) is 0.400. The molecule has 3 aliphatic rings. The number of allylic oxidation sites excluding steroid dienone is 2. The number of hydrazine groups is 1. The van der Waals surface area contributed by atoms with Gasteiger partial charge in [0.1, 0.15) is 17.4 Å². The Kier molecular flexibility index (Phi) is 4.38. The van der Waals surface area contributed by atoms with E-state index in [9.17, 15) is 23.5 Å². The third-order valence-electron chi connectivity index (χ3n) is 5.43. The molecule has 1 aromatic rings. The van der Waals surface area contributed by atoms with Gasteiger partial charge in [-0.3, -0.25) is 4.79 Å². The van der Waals surface area contributed by atoms with Crippen LogP contribution in [-0.4, -0.2) is 39.8 Å². The maximum Gasteiger partial charge on any atom is 0.387 e. The molecule has 0 fully saturated rings. The minimum Gasteiger partial charge on any atom is -0.477 e. The number of halogens is 2. The quantitative estimate of drug-likeness (QED) is 0.805. The average Bonchev–Trinajstić information content (AvgIpc) is 2.99. The fourth-order valence-corrected chi connectivity index (χ4v) is 4.07. The highest BCUT2D eigenvalue weighted by atomic mass is 19.3. The highest BCUT2D eigenvalue weighted by molar-refractivity contribution is 5.87. The number of nitrogens with zero attached hydrogens (tertiary/aromatic N) is 2. The van der Waals surface area contributed by atoms with Crippen LogP contribution in [0.5, 0.6) is 0 Å². The number of carbonyl (C=O) groups is 1. The molecular formula is C20H21F2N3O4. The van der Waals surface area contributed by atoms with Crippen molar-refractivity contribution in [2.75, 3.05) is 6.54 Å². The normalized spacial score (nSPS) is 23.0. The van der Waals surface area contributed by atoms with E-state index >= 15 is 0 Å². The van der Waals surface area contributed by atoms with Crippen LogP contribution in [0.1, 0.15) is 42.9 Å². The molecule has 7 nitrogen and oxygen atoms in total. The van der Waals surface area contributed by atoms with E-state index in [2.05, 4.69) is 10.2 Å². The predicted molar refractivity (Wildman–Crippen MR) is 101 cm³/mol. The summed E-state index contributed by atoms with van der Waals surface area (Å²) in [5.74, 6) is -1.20. The van der Waals surface area contributed by atoms with E-state index in [0.717, 1.165) is 0 Å². The second-order valence-electron chi connectivity index (χ2n) is 8.31. The lowest BCUT2D eigenvalue weighted by atomic mass is 9.84. The lowest BCUT2D eigenvalue weighted by Gasteiger charge is -2.43. The van der Waals surface area contributed by atoms with Crippen LogP contribution < -0.4 is 10.9 Å². The van der Waals surface area contributed by atoms with E-state index in [4.69, 9.17) is 0 Å². The van der Waals surface area contributed by atoms with Crippen LogP contribution in [0.3, 0.4) is 0 Å². The van der Waals surface area contributed by atoms with E-state index < -0.39 is 24.1 Å². The number of pyridine rings is 1. The number of fused-ring (bicyclic) bond motifs is 4. The smallest absolute Gasteiger partial charge is 0.387 e. The zero-order valence-electron chi connectivity index (χ0n) is 16.1. The summed E-state index contributed by atoms with van der Waals surface area (Å²) in [5, 5.41) is 11.2. The SMILES string of the molecule is CC(C)(C)C1CN2NC3C(OC(F)F)=CC=CC3=C2c2cc(=O)c(C(=O)O)cn21. The molecule has 0 aromatic carbocycles. The highest BCUT2D eigenvalue weighted by Crippen LogP contribution is 2.44. The van der Waals surface area contributed by atoms with Gasteiger partial charge in [-0.15, -0.1) is 0 Å². The molecule has 29 heavy (non-hydrogen) atoms. The highest BCUT2D eigenvalue weighted by Gasteiger charge is 2.43. The standard InChI is InChI=1S/C20H21F2N3O4/c1-20(2,3)15-9-25-17(12-7-13(26)11(18(27)28)8-24(12)15)10-5-4-6-14(16(10)23-25)29-19(21)22/h4-8,15-16,19,23H,9H2,1-3H3,(H,27,28). The molecule has 0 saturated carbocycles. The van der Waals surface area contributed by atoms with E-state index in [0.29, 0.717) is 23.5 Å². The molecule has 0 saturated heterocycles. The van der Waals surface area contributed by atoms with Crippen molar-refractivity contribution in [1.82, 2.24) is 15.0 Å². The van der Waals surface area contributed by atoms with Gasteiger partial charge in [0.05, 0.1) is 24.0 Å². The zero-order valence-corrected chi connectivity index (χ0v) is 16.1. The molecule has 2 aliphatic heterocycles. The van der Waals surface area contributed by atoms with Crippen molar-refractivity contribution in [3.8, 4) is 0 Å². The third-order valence-corrected chi connectivity index (χ3v) is 5.43. The molecule has 1 aliphatic carbocycles. The van der Waals surface area contributed by atoms with E-state index in [1.54, 1.807) is 12.2 Å². The van der Waals surface area contributed by atoms with Gasteiger partial charge in [0.2, 0.25) is 0 Å². The van der Waals surface area contributed by atoms with Crippen molar-refractivity contribution in [2.24, 2.45) is 5.41 Å². The lowest BCUT2D eigenvalue weighted by Crippen LogP contribution is -2.48. The number of rotatable bonds is 3. The number of alkyl halides is 2. The van der Waals surface area contributed by atoms with Crippen molar-refractivity contribution in [2.45, 2.75) is 39.5 Å². The summed E-state index contributed by atoms with van der Waals surface area (Å²) in [5.41, 5.74) is 3.92. The van der Waals surface area contributed by atoms with Gasteiger partial charge in [-0.25, -0.2) is 10.2 Å². The Labute approximate surface area is 165 Å². The molecule has 0 bridgehead atoms. The molecule has 0 spiro atoms. The van der Waals surface area contributed by atoms with Gasteiger partial charge in [-0.05, 0) is 11.5 Å². The van der Waals surface area contributed by atoms with E-state index in [-0.39, 0.29) is 22.8 Å². The van der Waals surface area contributed by atoms with Gasteiger partial charge in [-0.1, -0.05) is 32.9 Å². The topological polar surface area (TPSA) is 83.8 Å². The largest absolute Gasteiger partial charge is 0.477 e. The maximum absolute atomic E-state index is 12.8. The molecule has 2 unspecified atom stereocenters. The molecule has 154 valence electrons. The monoisotopic (exact) mass is 405 g/mol. The Hall–Kier alpha value is -2.94. The molecule has 3 heterocycles. The Morgan fingerprint density at radius 1 is 1.38 bits per heavy atom. The molecule has 0 radical (unpaired) electrons. The number of ether oxygens (including phenoxy) is 1. The number of hydrogen-bond donors (Lipinski definition) is 2. The lowest BCUT2D eigenvalue weighted by molar-refractivity contribution is -0.101. The summed E-state index contributed by atoms with van der Waals surface area (Å²) in [6.07, 6.45) is 6.26. The van der Waals surface area contributed by atoms with Crippen LogP contribution in [0.4, 0.5) is 8.78 Å². The Bertz CT molecular complexity index is 1030. The van der Waals surface area contributed by atoms with Gasteiger partial charge >= 0.3 is 12.6 Å². The summed E-state index contributed by atoms with van der Waals surface area (Å²) in [6, 6.07) is 0.534. The van der Waals surface area contributed by atoms with Gasteiger partial charge in [0.15, 0.2) is 5.43 Å². The average molecular weight is 405 g/mol. The number of hydrogen-bond acceptors (Lipinski definition) is 5. The van der Waals surface area contributed by atoms with Crippen molar-refractivity contribution < 1.29 is 23.4 Å². The van der Waals surface area contributed by atoms with Gasteiger partial charge in [0.25, 0.3) is 0 Å². The maximum atomic E-state index is 12.8. The molecular weight excluding hydrogens is 384 g/mol. The molecule has 1 aromatic heterocycles. The summed E-state index contributed by atoms with van der Waals surface area (Å²) in [4.78, 5) is 23.9. The summed E-state index contributed by atoms with van der Waals surface area (Å²) in [6.45, 7) is 3.57. The van der Waals surface area contributed by atoms with Gasteiger partial charge < -0.3 is 19.4 Å². The number of aromatic nitrogens is 1. The third kappa shape index (κ3) is 3.15. The van der Waals surface area contributed by atoms with Crippen molar-refractivity contribution >= 4 is 11.7 Å². The fourth-order valence-electron chi connectivity index (χ4n) is 4.07. The number of carboxylic acids is 1. The van der Waals surface area contributed by atoms with Crippen LogP contribution in [0, 0.1) is 5.41 Å². The number of nitrogens with one attached hydrogen (secondary N) is 1. The molecule has 4 rings (SSSR count). The van der Waals surface area contributed by atoms with Crippen LogP contribution >= 0.6 is 0 Å². The second-order valence-corrected chi connectivity index (χ2v) is 8.31. The first-order valence-corrected chi connectivity index (χ1v) is 9.18. The molecule has 2 N–H and O–H groups in total. The second kappa shape index (κ2) is 6.55. The first kappa shape index (κ1) is 19.4. The van der Waals surface area contributed by atoms with Crippen LogP contribution in [0.15, 0.2) is 46.6 Å². The molecule has 2 atom stereocenters. The summed E-state index contributed by atoms with van der Waals surface area (Å²) < 4.78 is 32.2. The van der Waals surface area contributed by atoms with E-state index in [1.807, 2.05) is 30.3 Å². The first-order chi connectivity index (χ1) is 13.6. The number of carboxylic acid groups (broad SMARTS) is 1. The Morgan fingerprint density at radius 3 is 2.72 bits per heavy atom. The molecule has 9 heteroatoms. The van der Waals surface area contributed by atoms with Crippen molar-refractivity contribution in [3.63, 3.8) is 0 Å². The summed E-state index contributed by atoms with van der Waals surface area (Å²) >= 11 is 0. The Balaban J connectivity index is 1.91. The molecule has 0 amide bonds. The minimum atomic E-state index is -2.95. The van der Waals surface area contributed by atoms with Crippen molar-refractivity contribution in [1.29, 1.82) is 0 Å². The van der Waals surface area contributed by atoms with Gasteiger partial charge in [-0.2, -0.15) is 8.78 Å². The van der Waals surface area contributed by atoms with Crippen LogP contribution in [-0.2, 0) is 4.74 Å². The number of aromatic carboxylic acids is 1. The predicted octanol–water partition coefficient (Wildman–Crippen LogP) is 2.74. The Morgan fingerprint density at radius 2 is 2.10 bits per heavy atom. The summed E-state index contributed by atoms with van der Waals surface area (Å²) in [7, 11) is 0. The minimum absolute atomic E-state index is 0.0859. The van der Waals surface area contributed by atoms with Crippen molar-refractivity contribution in [3.05, 3.63) is 63.3 Å². The van der Waals surface area contributed by atoms with Crippen LogP contribution in [0.2, 0.25) is 0 Å². The zero-order chi connectivity index (χ0) is 21.1. The van der Waals surface area contributed by atoms with Crippen LogP contribution in [0.25, 0.3) is 5.70 Å².